The Morgan fingerprint density at radius 2 is 1.80 bits per heavy atom. The monoisotopic (exact) mass is 273 g/mol. The summed E-state index contributed by atoms with van der Waals surface area (Å²) >= 11 is 0. The van der Waals surface area contributed by atoms with E-state index in [0.717, 1.165) is 29.2 Å². The van der Waals surface area contributed by atoms with Gasteiger partial charge in [0.25, 0.3) is 0 Å². The fourth-order valence-electron chi connectivity index (χ4n) is 5.12. The smallest absolute Gasteiger partial charge is 0.244 e. The topological polar surface area (TPSA) is 64.9 Å². The van der Waals surface area contributed by atoms with Crippen LogP contribution in [0, 0.1) is 36.5 Å². The van der Waals surface area contributed by atoms with Gasteiger partial charge in [-0.05, 0) is 61.7 Å². The van der Waals surface area contributed by atoms with E-state index < -0.39 is 0 Å². The van der Waals surface area contributed by atoms with Crippen LogP contribution in [0.2, 0.25) is 0 Å². The lowest BCUT2D eigenvalue weighted by Gasteiger charge is -2.53. The van der Waals surface area contributed by atoms with Gasteiger partial charge in [0, 0.05) is 19.0 Å². The van der Waals surface area contributed by atoms with Gasteiger partial charge in [0.1, 0.15) is 0 Å². The van der Waals surface area contributed by atoms with Gasteiger partial charge in [-0.25, -0.2) is 0 Å². The van der Waals surface area contributed by atoms with Crippen molar-refractivity contribution in [3.8, 4) is 0 Å². The molecule has 4 fully saturated rings. The highest BCUT2D eigenvalue weighted by Gasteiger charge is 2.47. The van der Waals surface area contributed by atoms with Gasteiger partial charge >= 0.3 is 0 Å². The average molecular weight is 273 g/mol. The Morgan fingerprint density at radius 3 is 2.30 bits per heavy atom. The second kappa shape index (κ2) is 4.69. The van der Waals surface area contributed by atoms with Crippen LogP contribution in [0.15, 0.2) is 10.5 Å². The van der Waals surface area contributed by atoms with E-state index in [0.29, 0.717) is 24.2 Å². The normalized spacial score (nSPS) is 39.5. The number of hydrogen-bond donors (Lipinski definition) is 1. The summed E-state index contributed by atoms with van der Waals surface area (Å²) in [6, 6.07) is 0. The highest BCUT2D eigenvalue weighted by atomic mass is 16.4. The lowest BCUT2D eigenvalue weighted by molar-refractivity contribution is -0.0160. The fourth-order valence-corrected chi connectivity index (χ4v) is 5.12. The van der Waals surface area contributed by atoms with Crippen molar-refractivity contribution in [2.24, 2.45) is 35.3 Å². The molecule has 0 unspecified atom stereocenters. The van der Waals surface area contributed by atoms with Crippen LogP contribution in [0.4, 0.5) is 0 Å². The molecular weight excluding hydrogens is 250 g/mol. The first-order valence-corrected chi connectivity index (χ1v) is 7.94. The maximum Gasteiger partial charge on any atom is 0.244 e. The van der Waals surface area contributed by atoms with Crippen molar-refractivity contribution in [1.82, 2.24) is 10.2 Å². The Balaban J connectivity index is 1.62. The Hall–Kier alpha value is -1.16. The minimum Gasteiger partial charge on any atom is -0.421 e. The third kappa shape index (κ3) is 2.01. The van der Waals surface area contributed by atoms with Crippen molar-refractivity contribution in [3.63, 3.8) is 0 Å². The minimum absolute atomic E-state index is 0.491. The number of aromatic nitrogens is 2. The summed E-state index contributed by atoms with van der Waals surface area (Å²) < 4.78 is 5.56. The number of allylic oxidation sites excluding steroid dienone is 1. The molecule has 4 aliphatic carbocycles. The van der Waals surface area contributed by atoms with Crippen LogP contribution in [-0.4, -0.2) is 16.7 Å². The second-order valence-electron chi connectivity index (χ2n) is 7.03. The molecule has 1 aromatic rings. The summed E-state index contributed by atoms with van der Waals surface area (Å²) in [4.78, 5) is 0. The average Bonchev–Trinajstić information content (AvgIpc) is 2.84. The highest BCUT2D eigenvalue weighted by Crippen LogP contribution is 2.57. The molecule has 108 valence electrons. The molecule has 0 atom stereocenters. The first kappa shape index (κ1) is 12.6. The lowest BCUT2D eigenvalue weighted by Crippen LogP contribution is -2.44. The molecule has 0 aliphatic heterocycles. The van der Waals surface area contributed by atoms with E-state index in [1.807, 2.05) is 6.92 Å². The van der Waals surface area contributed by atoms with Crippen LogP contribution in [0.1, 0.15) is 43.9 Å². The van der Waals surface area contributed by atoms with Gasteiger partial charge in [-0.1, -0.05) is 6.08 Å². The van der Waals surface area contributed by atoms with E-state index in [1.165, 1.54) is 32.1 Å². The molecule has 0 radical (unpaired) electrons. The van der Waals surface area contributed by atoms with E-state index in [2.05, 4.69) is 16.3 Å². The van der Waals surface area contributed by atoms with E-state index >= 15 is 0 Å². The van der Waals surface area contributed by atoms with Gasteiger partial charge in [-0.2, -0.15) is 0 Å². The third-order valence-electron chi connectivity index (χ3n) is 5.71. The second-order valence-corrected chi connectivity index (χ2v) is 7.03. The molecule has 1 aromatic heterocycles. The van der Waals surface area contributed by atoms with Crippen LogP contribution < -0.4 is 5.73 Å². The Labute approximate surface area is 119 Å². The molecule has 0 spiro atoms. The van der Waals surface area contributed by atoms with Crippen molar-refractivity contribution in [3.05, 3.63) is 17.9 Å². The maximum atomic E-state index is 5.92. The first-order chi connectivity index (χ1) is 9.72. The summed E-state index contributed by atoms with van der Waals surface area (Å²) in [5.74, 6) is 5.69. The van der Waals surface area contributed by atoms with Crippen LogP contribution in [0.5, 0.6) is 0 Å². The van der Waals surface area contributed by atoms with E-state index in [1.54, 1.807) is 0 Å². The van der Waals surface area contributed by atoms with Gasteiger partial charge in [-0.15, -0.1) is 10.2 Å². The maximum absolute atomic E-state index is 5.92. The van der Waals surface area contributed by atoms with Crippen molar-refractivity contribution in [2.45, 2.75) is 39.0 Å². The van der Waals surface area contributed by atoms with Crippen molar-refractivity contribution >= 4 is 5.57 Å². The molecular formula is C16H23N3O. The van der Waals surface area contributed by atoms with Gasteiger partial charge in [0.15, 0.2) is 0 Å². The van der Waals surface area contributed by atoms with E-state index in [9.17, 15) is 0 Å². The predicted octanol–water partition coefficient (Wildman–Crippen LogP) is 2.79. The lowest BCUT2D eigenvalue weighted by atomic mass is 9.52. The van der Waals surface area contributed by atoms with Gasteiger partial charge in [-0.3, -0.25) is 0 Å². The largest absolute Gasteiger partial charge is 0.421 e. The molecule has 4 nitrogen and oxygen atoms in total. The quantitative estimate of drug-likeness (QED) is 0.919. The minimum atomic E-state index is 0.491. The number of aryl methyl sites for hydroxylation is 1. The standard InChI is InChI=1S/C16H23N3O/c1-9-18-19-16(20-9)14(8-17)7-15-12-3-10-2-11(5-12)6-13(15)4-10/h7,10-13,15H,2-6,8,17H2,1H3/b14-7+. The Bertz CT molecular complexity index is 506. The zero-order valence-corrected chi connectivity index (χ0v) is 12.1. The number of nitrogens with two attached hydrogens (primary N) is 1. The van der Waals surface area contributed by atoms with Gasteiger partial charge in [0.2, 0.25) is 11.8 Å². The third-order valence-corrected chi connectivity index (χ3v) is 5.71. The molecule has 2 N–H and O–H groups in total. The SMILES string of the molecule is Cc1nnc(/C(=C/C2C3CC4CC(C3)CC2C4)CN)o1. The van der Waals surface area contributed by atoms with E-state index in [-0.39, 0.29) is 0 Å². The number of nitrogens with zero attached hydrogens (tertiary/aromatic N) is 2. The Kier molecular flexibility index (Phi) is 2.95. The molecule has 4 bridgehead atoms. The zero-order chi connectivity index (χ0) is 13.7. The summed E-state index contributed by atoms with van der Waals surface area (Å²) in [5, 5.41) is 8.06. The summed E-state index contributed by atoms with van der Waals surface area (Å²) in [6.07, 6.45) is 9.57. The number of hydrogen-bond acceptors (Lipinski definition) is 4. The van der Waals surface area contributed by atoms with Crippen molar-refractivity contribution in [2.75, 3.05) is 6.54 Å². The molecule has 0 saturated heterocycles. The van der Waals surface area contributed by atoms with Crippen molar-refractivity contribution < 1.29 is 4.42 Å². The summed E-state index contributed by atoms with van der Waals surface area (Å²) in [5.41, 5.74) is 6.97. The molecule has 5 rings (SSSR count). The first-order valence-electron chi connectivity index (χ1n) is 7.94. The molecule has 20 heavy (non-hydrogen) atoms. The number of rotatable bonds is 3. The van der Waals surface area contributed by atoms with Crippen LogP contribution >= 0.6 is 0 Å². The molecule has 4 saturated carbocycles. The molecule has 0 amide bonds. The molecule has 0 aromatic carbocycles. The van der Waals surface area contributed by atoms with E-state index in [4.69, 9.17) is 10.2 Å². The van der Waals surface area contributed by atoms with Crippen LogP contribution in [0.25, 0.3) is 5.57 Å². The Morgan fingerprint density at radius 1 is 1.15 bits per heavy atom. The van der Waals surface area contributed by atoms with Crippen LogP contribution in [-0.2, 0) is 0 Å². The van der Waals surface area contributed by atoms with Crippen molar-refractivity contribution in [1.29, 1.82) is 0 Å². The van der Waals surface area contributed by atoms with Gasteiger partial charge < -0.3 is 10.2 Å². The zero-order valence-electron chi connectivity index (χ0n) is 12.1. The summed E-state index contributed by atoms with van der Waals surface area (Å²) in [6.45, 7) is 2.32. The predicted molar refractivity (Wildman–Crippen MR) is 76.6 cm³/mol. The van der Waals surface area contributed by atoms with Crippen LogP contribution in [0.3, 0.4) is 0 Å². The van der Waals surface area contributed by atoms with Gasteiger partial charge in [0.05, 0.1) is 0 Å². The molecule has 1 heterocycles. The molecule has 4 heteroatoms. The highest BCUT2D eigenvalue weighted by molar-refractivity contribution is 5.60. The fraction of sp³-hybridized carbons (Fsp3) is 0.750. The summed E-state index contributed by atoms with van der Waals surface area (Å²) in [7, 11) is 0. The molecule has 4 aliphatic rings.